The van der Waals surface area contributed by atoms with Gasteiger partial charge in [0.15, 0.2) is 33.9 Å². The summed E-state index contributed by atoms with van der Waals surface area (Å²) in [5.41, 5.74) is 14.7. The van der Waals surface area contributed by atoms with Crippen molar-refractivity contribution in [3.63, 3.8) is 0 Å². The molecule has 0 bridgehead atoms. The molecule has 0 radical (unpaired) electrons. The Morgan fingerprint density at radius 3 is 1.12 bits per heavy atom. The number of sulfonamides is 2. The molecule has 6 aromatic carbocycles. The Kier molecular flexibility index (Phi) is 48.4. The Hall–Kier alpha value is -5.77. The van der Waals surface area contributed by atoms with E-state index < -0.39 is 77.9 Å². The number of carboxylic acids is 2. The van der Waals surface area contributed by atoms with Crippen LogP contribution in [0.2, 0.25) is 30.1 Å². The molecule has 0 fully saturated rings. The van der Waals surface area contributed by atoms with Gasteiger partial charge >= 0.3 is 11.9 Å². The number of methoxy groups -OCH3 is 1. The third-order valence-corrected chi connectivity index (χ3v) is 26.0. The molecule has 1 amide bonds. The molecule has 0 saturated heterocycles. The van der Waals surface area contributed by atoms with Crippen LogP contribution in [0, 0.1) is 0 Å². The first-order chi connectivity index (χ1) is 59.5. The van der Waals surface area contributed by atoms with Crippen molar-refractivity contribution in [1.82, 2.24) is 29.5 Å². The number of carbonyl (C=O) groups is 4. The van der Waals surface area contributed by atoms with Gasteiger partial charge in [0, 0.05) is 147 Å². The van der Waals surface area contributed by atoms with Crippen LogP contribution in [-0.4, -0.2) is 311 Å². The number of nitrogens with one attached hydrogen (secondary N) is 3. The fraction of sp³-hybridized carbons (Fsp3) is 0.524. The quantitative estimate of drug-likeness (QED) is 0.0164. The minimum absolute atomic E-state index is 0.000831. The standard InChI is InChI=1S/C34H49Cl2N3O10S.C24H33Cl2N3O5S.C22H27Cl2NO4S.C4H6O6/c1-3-12-46-13-4-5-31(40)32(41)33(42)34(43)37-10-14-47-16-18-49-19-17-48-15-11-38-50(44,45)26-8-6-24(7-9-26)28-22-39(2)23-29-27(28)20-25(35)21-30(29)36;1-29-16-22(21-14-19(25)15-24(26)23(21)17-29)18-2-4-20(5-3-18)35(30,31)28-7-9-33-11-13-34-12-10-32-8-6-27;1-25-14-20(19-12-17(23)13-22(24)21(19)15-25)16-4-6-18(7-5-16)30(26,27)11-3-8-29-10-9-28-2;5-1(3(7)8)2(6)4(9)10/h6-9,20-21,28,32-33,38,41-42H,3-5,10-19,22-23H2,1-2H3,(H,37,43);2-5,14-15,22,28H,6-13,16-17,27H2,1H3;4-7,12-13,20H,3,8-11,14-15H2,1-2H3;1-2,5-6H,(H,7,8)(H,9,10)/t28-,32-,33+;22-;20-;1-,2-/m0001/s1. The summed E-state index contributed by atoms with van der Waals surface area (Å²) in [7, 11) is -3.02. The predicted octanol–water partition coefficient (Wildman–Crippen LogP) is 7.65. The molecule has 9 rings (SSSR count). The van der Waals surface area contributed by atoms with Crippen LogP contribution in [0.15, 0.2) is 124 Å². The van der Waals surface area contributed by atoms with E-state index in [2.05, 4.69) is 36.5 Å². The topological polar surface area (TPSA) is 447 Å². The first kappa shape index (κ1) is 108. The number of amides is 1. The van der Waals surface area contributed by atoms with Crippen LogP contribution in [0.5, 0.6) is 0 Å². The molecule has 696 valence electrons. The van der Waals surface area contributed by atoms with Gasteiger partial charge < -0.3 is 99.0 Å². The molecule has 6 aromatic rings. The Balaban J connectivity index is 0.000000282. The predicted molar refractivity (Wildman–Crippen MR) is 475 cm³/mol. The molecule has 0 aromatic heterocycles. The van der Waals surface area contributed by atoms with Gasteiger partial charge in [-0.05, 0) is 163 Å². The second-order valence-electron chi connectivity index (χ2n) is 29.3. The van der Waals surface area contributed by atoms with Crippen LogP contribution >= 0.6 is 69.6 Å². The van der Waals surface area contributed by atoms with Crippen molar-refractivity contribution >= 4 is 123 Å². The molecule has 11 N–H and O–H groups in total. The van der Waals surface area contributed by atoms with E-state index in [1.54, 1.807) is 61.7 Å². The monoisotopic (exact) mass is 1930 g/mol. The second-order valence-corrected chi connectivity index (χ2v) is 37.5. The number of aliphatic hydroxyl groups is 4. The number of hydrogen-bond acceptors (Lipinski definition) is 27. The van der Waals surface area contributed by atoms with Crippen LogP contribution in [0.3, 0.4) is 0 Å². The van der Waals surface area contributed by atoms with Crippen molar-refractivity contribution in [2.75, 3.05) is 192 Å². The molecule has 3 aliphatic heterocycles. The highest BCUT2D eigenvalue weighted by Crippen LogP contribution is 2.42. The van der Waals surface area contributed by atoms with Gasteiger partial charge in [0.2, 0.25) is 20.0 Å². The average molecular weight is 1930 g/mol. The highest BCUT2D eigenvalue weighted by Gasteiger charge is 2.34. The Labute approximate surface area is 761 Å². The normalized spacial score (nSPS) is 16.4. The molecular weight excluding hydrogens is 1820 g/mol. The smallest absolute Gasteiger partial charge is 0.335 e. The number of rotatable bonds is 50. The summed E-state index contributed by atoms with van der Waals surface area (Å²) < 4.78 is 129. The van der Waals surface area contributed by atoms with E-state index in [9.17, 15) is 54.6 Å². The number of halogens is 6. The number of carboxylic acid groups (broad SMARTS) is 2. The van der Waals surface area contributed by atoms with E-state index in [1.165, 1.54) is 0 Å². The van der Waals surface area contributed by atoms with Crippen LogP contribution in [-0.2, 0) is 111 Å². The number of ketones is 1. The van der Waals surface area contributed by atoms with E-state index in [4.69, 9.17) is 138 Å². The summed E-state index contributed by atoms with van der Waals surface area (Å²) in [4.78, 5) is 50.8. The van der Waals surface area contributed by atoms with Gasteiger partial charge in [-0.1, -0.05) is 113 Å². The zero-order valence-electron chi connectivity index (χ0n) is 70.4. The van der Waals surface area contributed by atoms with Crippen molar-refractivity contribution < 1.29 is 118 Å². The number of nitrogens with zero attached hydrogens (tertiary/aromatic N) is 3. The van der Waals surface area contributed by atoms with Gasteiger partial charge in [-0.25, -0.2) is 44.3 Å². The van der Waals surface area contributed by atoms with Crippen molar-refractivity contribution in [1.29, 1.82) is 0 Å². The number of carbonyl (C=O) groups excluding carboxylic acids is 2. The first-order valence-corrected chi connectivity index (χ1v) is 47.2. The fourth-order valence-electron chi connectivity index (χ4n) is 13.3. The molecular formula is C84H115Cl6N7O25S3. The van der Waals surface area contributed by atoms with Gasteiger partial charge in [0.05, 0.1) is 113 Å². The molecule has 0 spiro atoms. The maximum atomic E-state index is 12.8. The van der Waals surface area contributed by atoms with Gasteiger partial charge in [-0.2, -0.15) is 0 Å². The Morgan fingerprint density at radius 2 is 0.760 bits per heavy atom. The van der Waals surface area contributed by atoms with Crippen molar-refractivity contribution in [3.05, 3.63) is 189 Å². The number of benzene rings is 6. The molecule has 41 heteroatoms. The maximum Gasteiger partial charge on any atom is 0.335 e. The van der Waals surface area contributed by atoms with Gasteiger partial charge in [-0.15, -0.1) is 0 Å². The molecule has 0 aliphatic carbocycles. The molecule has 32 nitrogen and oxygen atoms in total. The number of hydrogen-bond donors (Lipinski definition) is 10. The summed E-state index contributed by atoms with van der Waals surface area (Å²) >= 11 is 38.1. The van der Waals surface area contributed by atoms with Crippen molar-refractivity contribution in [2.24, 2.45) is 5.73 Å². The van der Waals surface area contributed by atoms with Crippen molar-refractivity contribution in [2.45, 2.75) is 109 Å². The second kappa shape index (κ2) is 56.1. The summed E-state index contributed by atoms with van der Waals surface area (Å²) in [6, 6.07) is 32.1. The minimum Gasteiger partial charge on any atom is -0.479 e. The molecule has 3 heterocycles. The summed E-state index contributed by atoms with van der Waals surface area (Å²) in [5.74, 6) is -4.83. The fourth-order valence-corrected chi connectivity index (χ4v) is 18.3. The van der Waals surface area contributed by atoms with Gasteiger partial charge in [0.1, 0.15) is 6.10 Å². The van der Waals surface area contributed by atoms with E-state index in [0.29, 0.717) is 127 Å². The zero-order chi connectivity index (χ0) is 91.8. The van der Waals surface area contributed by atoms with E-state index in [1.807, 2.05) is 75.6 Å². The van der Waals surface area contributed by atoms with Crippen LogP contribution in [0.4, 0.5) is 0 Å². The minimum atomic E-state index is -3.73. The molecule has 0 saturated carbocycles. The summed E-state index contributed by atoms with van der Waals surface area (Å²) in [6.45, 7) is 13.5. The molecule has 7 atom stereocenters. The number of sulfone groups is 1. The number of likely N-dealkylation sites (N-methyl/N-ethyl adjacent to an activating group) is 3. The van der Waals surface area contributed by atoms with E-state index >= 15 is 0 Å². The van der Waals surface area contributed by atoms with E-state index in [0.717, 1.165) is 89.2 Å². The SMILES string of the molecule is CCCOCCCC(=O)[C@H](O)[C@@H](O)C(=O)NCCOCCOCCOCCNS(=O)(=O)c1ccc([C@@H]2CN(C)Cc3c(Cl)cc(Cl)cc32)cc1.CN1Cc2c(Cl)cc(Cl)cc2[C@H](c2ccc(S(=O)(=O)NCCOCCOCCOCCN)cc2)C1.COCCOCCCS(=O)(=O)c1ccc([C@@H]2CN(C)Cc3c(Cl)cc(Cl)cc32)cc1.O=C(O)[C@H](O)[C@@H](O)C(=O)O. The zero-order valence-corrected chi connectivity index (χ0v) is 77.4. The largest absolute Gasteiger partial charge is 0.479 e. The number of fused-ring (bicyclic) bond motifs is 3. The lowest BCUT2D eigenvalue weighted by atomic mass is 9.85. The lowest BCUT2D eigenvalue weighted by Gasteiger charge is -2.33. The molecule has 0 unspecified atom stereocenters. The average Bonchev–Trinajstić information content (AvgIpc) is 0.783. The lowest BCUT2D eigenvalue weighted by molar-refractivity contribution is -0.165. The number of nitrogens with two attached hydrogens (primary N) is 1. The Bertz CT molecular complexity index is 4680. The highest BCUT2D eigenvalue weighted by molar-refractivity contribution is 7.91. The van der Waals surface area contributed by atoms with Gasteiger partial charge in [0.25, 0.3) is 5.91 Å². The van der Waals surface area contributed by atoms with Crippen LogP contribution < -0.4 is 20.5 Å². The first-order valence-electron chi connectivity index (χ1n) is 40.3. The summed E-state index contributed by atoms with van der Waals surface area (Å²) in [5, 5.41) is 58.5. The van der Waals surface area contributed by atoms with Gasteiger partial charge in [-0.3, -0.25) is 9.59 Å². The number of aliphatic hydroxyl groups excluding tert-OH is 4. The van der Waals surface area contributed by atoms with Crippen molar-refractivity contribution in [3.8, 4) is 0 Å². The Morgan fingerprint density at radius 1 is 0.432 bits per heavy atom. The lowest BCUT2D eigenvalue weighted by Crippen LogP contribution is -2.46. The summed E-state index contributed by atoms with van der Waals surface area (Å²) in [6.07, 6.45) is -6.49. The maximum absolute atomic E-state index is 12.8. The third-order valence-electron chi connectivity index (χ3n) is 19.6. The molecule has 3 aliphatic rings. The highest BCUT2D eigenvalue weighted by atomic mass is 35.5. The van der Waals surface area contributed by atoms with Crippen LogP contribution in [0.1, 0.15) is 100 Å². The number of aliphatic carboxylic acids is 2. The van der Waals surface area contributed by atoms with Crippen LogP contribution in [0.25, 0.3) is 0 Å². The third kappa shape index (κ3) is 36.5. The van der Waals surface area contributed by atoms with E-state index in [-0.39, 0.29) is 106 Å². The molecule has 125 heavy (non-hydrogen) atoms. The number of ether oxygens (including phenoxy) is 9. The number of Topliss-reactive ketones (excluding diaryl/α,β-unsaturated/α-hetero) is 1.